The first-order chi connectivity index (χ1) is 14.5. The number of amides is 2. The number of nitrogens with zero attached hydrogens (tertiary/aromatic N) is 3. The summed E-state index contributed by atoms with van der Waals surface area (Å²) in [5, 5.41) is 2.71. The number of hydrogen-bond donors (Lipinski definition) is 1. The molecule has 3 heterocycles. The van der Waals surface area contributed by atoms with Gasteiger partial charge in [0.15, 0.2) is 11.5 Å². The zero-order valence-corrected chi connectivity index (χ0v) is 17.9. The topological polar surface area (TPSA) is 74.4 Å². The predicted octanol–water partition coefficient (Wildman–Crippen LogP) is 1.05. The van der Waals surface area contributed by atoms with Crippen molar-refractivity contribution in [3.05, 3.63) is 23.8 Å². The maximum atomic E-state index is 12.5. The summed E-state index contributed by atoms with van der Waals surface area (Å²) in [6.07, 6.45) is 2.03. The lowest BCUT2D eigenvalue weighted by Crippen LogP contribution is -2.57. The minimum atomic E-state index is -0.487. The van der Waals surface area contributed by atoms with Crippen LogP contribution < -0.4 is 14.8 Å². The first-order valence-corrected chi connectivity index (χ1v) is 10.9. The van der Waals surface area contributed by atoms with Crippen molar-refractivity contribution in [3.8, 4) is 11.5 Å². The maximum absolute atomic E-state index is 12.5. The highest BCUT2D eigenvalue weighted by Crippen LogP contribution is 2.33. The average Bonchev–Trinajstić information content (AvgIpc) is 3.21. The van der Waals surface area contributed by atoms with Crippen LogP contribution in [-0.2, 0) is 16.1 Å². The minimum absolute atomic E-state index is 0.0279. The molecule has 0 saturated carbocycles. The highest BCUT2D eigenvalue weighted by molar-refractivity contribution is 6.35. The Morgan fingerprint density at radius 1 is 1.10 bits per heavy atom. The Kier molecular flexibility index (Phi) is 6.43. The lowest BCUT2D eigenvalue weighted by atomic mass is 10.0. The molecule has 1 aromatic carbocycles. The molecule has 0 aromatic heterocycles. The van der Waals surface area contributed by atoms with E-state index in [1.165, 1.54) is 5.56 Å². The average molecular weight is 417 g/mol. The van der Waals surface area contributed by atoms with Crippen LogP contribution in [0.2, 0.25) is 0 Å². The van der Waals surface area contributed by atoms with Gasteiger partial charge in [0.05, 0.1) is 0 Å². The molecule has 1 N–H and O–H groups in total. The normalized spacial score (nSPS) is 22.4. The van der Waals surface area contributed by atoms with Gasteiger partial charge in [-0.25, -0.2) is 0 Å². The molecule has 30 heavy (non-hydrogen) atoms. The fraction of sp³-hybridized carbons (Fsp3) is 0.636. The lowest BCUT2D eigenvalue weighted by Gasteiger charge is -2.43. The Balaban J connectivity index is 1.26. The molecule has 2 fully saturated rings. The van der Waals surface area contributed by atoms with Gasteiger partial charge in [-0.15, -0.1) is 0 Å². The number of nitrogens with one attached hydrogen (secondary N) is 1. The van der Waals surface area contributed by atoms with E-state index in [9.17, 15) is 9.59 Å². The minimum Gasteiger partial charge on any atom is -0.454 e. The van der Waals surface area contributed by atoms with E-state index < -0.39 is 11.8 Å². The fourth-order valence-electron chi connectivity index (χ4n) is 4.49. The van der Waals surface area contributed by atoms with Gasteiger partial charge in [-0.3, -0.25) is 19.4 Å². The van der Waals surface area contributed by atoms with E-state index in [1.807, 2.05) is 19.9 Å². The third kappa shape index (κ3) is 4.87. The van der Waals surface area contributed by atoms with Crippen LogP contribution in [0.3, 0.4) is 0 Å². The molecule has 0 spiro atoms. The van der Waals surface area contributed by atoms with E-state index in [0.29, 0.717) is 25.9 Å². The number of carbonyl (C=O) groups is 2. The van der Waals surface area contributed by atoms with Gasteiger partial charge in [0, 0.05) is 57.9 Å². The van der Waals surface area contributed by atoms with E-state index in [4.69, 9.17) is 9.47 Å². The Hall–Kier alpha value is -2.32. The molecule has 1 atom stereocenters. The second-order valence-corrected chi connectivity index (χ2v) is 8.68. The van der Waals surface area contributed by atoms with Crippen LogP contribution in [0.5, 0.6) is 11.5 Å². The number of benzene rings is 1. The number of piperidine rings is 1. The van der Waals surface area contributed by atoms with Gasteiger partial charge in [0.25, 0.3) is 0 Å². The molecule has 0 radical (unpaired) electrons. The first kappa shape index (κ1) is 20.9. The Morgan fingerprint density at radius 2 is 1.87 bits per heavy atom. The van der Waals surface area contributed by atoms with E-state index in [0.717, 1.165) is 57.1 Å². The fourth-order valence-corrected chi connectivity index (χ4v) is 4.49. The number of hydrogen-bond acceptors (Lipinski definition) is 6. The Labute approximate surface area is 178 Å². The molecular formula is C22H32N4O4. The molecule has 3 aliphatic heterocycles. The van der Waals surface area contributed by atoms with Crippen molar-refractivity contribution in [1.29, 1.82) is 0 Å². The number of ether oxygens (including phenoxy) is 2. The number of rotatable bonds is 4. The van der Waals surface area contributed by atoms with Gasteiger partial charge >= 0.3 is 11.8 Å². The molecule has 3 aliphatic rings. The van der Waals surface area contributed by atoms with Crippen molar-refractivity contribution < 1.29 is 19.1 Å². The van der Waals surface area contributed by atoms with Gasteiger partial charge in [-0.2, -0.15) is 0 Å². The highest BCUT2D eigenvalue weighted by atomic mass is 16.7. The molecule has 0 unspecified atom stereocenters. The second-order valence-electron chi connectivity index (χ2n) is 8.68. The van der Waals surface area contributed by atoms with Crippen LogP contribution in [0.1, 0.15) is 32.3 Å². The molecule has 4 rings (SSSR count). The van der Waals surface area contributed by atoms with Crippen LogP contribution >= 0.6 is 0 Å². The number of piperazine rings is 1. The molecule has 8 nitrogen and oxygen atoms in total. The van der Waals surface area contributed by atoms with E-state index in [1.54, 1.807) is 4.90 Å². The predicted molar refractivity (Wildman–Crippen MR) is 112 cm³/mol. The van der Waals surface area contributed by atoms with E-state index >= 15 is 0 Å². The Morgan fingerprint density at radius 3 is 2.63 bits per heavy atom. The summed E-state index contributed by atoms with van der Waals surface area (Å²) < 4.78 is 10.9. The van der Waals surface area contributed by atoms with Gasteiger partial charge in [-0.1, -0.05) is 6.07 Å². The first-order valence-electron chi connectivity index (χ1n) is 10.9. The summed E-state index contributed by atoms with van der Waals surface area (Å²) in [4.78, 5) is 31.2. The van der Waals surface area contributed by atoms with Crippen molar-refractivity contribution >= 4 is 11.8 Å². The van der Waals surface area contributed by atoms with Crippen LogP contribution in [-0.4, -0.2) is 84.7 Å². The second kappa shape index (κ2) is 9.22. The third-order valence-electron chi connectivity index (χ3n) is 6.06. The summed E-state index contributed by atoms with van der Waals surface area (Å²) >= 11 is 0. The summed E-state index contributed by atoms with van der Waals surface area (Å²) in [5.74, 6) is 0.774. The van der Waals surface area contributed by atoms with Crippen molar-refractivity contribution in [2.75, 3.05) is 46.1 Å². The molecule has 2 amide bonds. The van der Waals surface area contributed by atoms with E-state index in [-0.39, 0.29) is 6.04 Å². The van der Waals surface area contributed by atoms with E-state index in [2.05, 4.69) is 27.2 Å². The number of carbonyl (C=O) groups excluding carboxylic acids is 2. The van der Waals surface area contributed by atoms with Crippen molar-refractivity contribution in [3.63, 3.8) is 0 Å². The SMILES string of the molecule is CC(C)NC(=O)C(=O)N1CCC[C@@H](N2CCN(Cc3ccc4c(c3)OCO4)CC2)C1. The highest BCUT2D eigenvalue weighted by Gasteiger charge is 2.32. The van der Waals surface area contributed by atoms with Gasteiger partial charge in [0.2, 0.25) is 6.79 Å². The standard InChI is InChI=1S/C22H32N4O4/c1-16(2)23-21(27)22(28)26-7-3-4-18(14-26)25-10-8-24(9-11-25)13-17-5-6-19-20(12-17)30-15-29-19/h5-6,12,16,18H,3-4,7-11,13-15H2,1-2H3,(H,23,27)/t18-/m1/s1. The molecule has 0 aliphatic carbocycles. The summed E-state index contributed by atoms with van der Waals surface area (Å²) in [7, 11) is 0. The van der Waals surface area contributed by atoms with Crippen molar-refractivity contribution in [1.82, 2.24) is 20.0 Å². The van der Waals surface area contributed by atoms with Gasteiger partial charge in [-0.05, 0) is 44.4 Å². The zero-order valence-electron chi connectivity index (χ0n) is 17.9. The Bertz CT molecular complexity index is 776. The van der Waals surface area contributed by atoms with Crippen LogP contribution in [0.25, 0.3) is 0 Å². The third-order valence-corrected chi connectivity index (χ3v) is 6.06. The molecule has 2 saturated heterocycles. The van der Waals surface area contributed by atoms with Crippen LogP contribution in [0, 0.1) is 0 Å². The molecule has 1 aromatic rings. The summed E-state index contributed by atoms with van der Waals surface area (Å²) in [6, 6.07) is 6.47. The quantitative estimate of drug-likeness (QED) is 0.740. The van der Waals surface area contributed by atoms with Crippen molar-refractivity contribution in [2.24, 2.45) is 0 Å². The molecule has 0 bridgehead atoms. The van der Waals surface area contributed by atoms with Gasteiger partial charge in [0.1, 0.15) is 0 Å². The monoisotopic (exact) mass is 416 g/mol. The maximum Gasteiger partial charge on any atom is 0.311 e. The molecule has 164 valence electrons. The summed E-state index contributed by atoms with van der Waals surface area (Å²) in [6.45, 7) is 10.2. The van der Waals surface area contributed by atoms with Gasteiger partial charge < -0.3 is 19.7 Å². The van der Waals surface area contributed by atoms with Crippen LogP contribution in [0.15, 0.2) is 18.2 Å². The molecular weight excluding hydrogens is 384 g/mol. The van der Waals surface area contributed by atoms with Crippen molar-refractivity contribution in [2.45, 2.75) is 45.3 Å². The number of fused-ring (bicyclic) bond motifs is 1. The smallest absolute Gasteiger partial charge is 0.311 e. The summed E-state index contributed by atoms with van der Waals surface area (Å²) in [5.41, 5.74) is 1.23. The molecule has 8 heteroatoms. The largest absolute Gasteiger partial charge is 0.454 e. The lowest BCUT2D eigenvalue weighted by molar-refractivity contribution is -0.147. The zero-order chi connectivity index (χ0) is 21.1. The van der Waals surface area contributed by atoms with Crippen LogP contribution in [0.4, 0.5) is 0 Å². The number of likely N-dealkylation sites (tertiary alicyclic amines) is 1.